The molecule has 0 fully saturated rings. The second kappa shape index (κ2) is 9.17. The standard InChI is InChI=1S/C13H30N2/c1-11(2)7-6-8-15-13(5)10-14-9-12(3)4/h11-15H,6-10H2,1-5H3. The van der Waals surface area contributed by atoms with Crippen LogP contribution in [0.3, 0.4) is 0 Å². The SMILES string of the molecule is CC(C)CCCNC(C)CNCC(C)C. The van der Waals surface area contributed by atoms with Crippen LogP contribution in [-0.2, 0) is 0 Å². The molecule has 0 spiro atoms. The minimum Gasteiger partial charge on any atom is -0.315 e. The van der Waals surface area contributed by atoms with E-state index in [1.807, 2.05) is 0 Å². The summed E-state index contributed by atoms with van der Waals surface area (Å²) < 4.78 is 0. The molecule has 0 aromatic heterocycles. The lowest BCUT2D eigenvalue weighted by molar-refractivity contribution is 0.453. The Morgan fingerprint density at radius 1 is 0.867 bits per heavy atom. The van der Waals surface area contributed by atoms with Crippen molar-refractivity contribution in [2.75, 3.05) is 19.6 Å². The number of hydrogen-bond acceptors (Lipinski definition) is 2. The van der Waals surface area contributed by atoms with Gasteiger partial charge in [0.25, 0.3) is 0 Å². The van der Waals surface area contributed by atoms with Gasteiger partial charge in [0, 0.05) is 12.6 Å². The van der Waals surface area contributed by atoms with E-state index in [0.717, 1.165) is 31.5 Å². The predicted molar refractivity (Wildman–Crippen MR) is 69.2 cm³/mol. The number of rotatable bonds is 9. The van der Waals surface area contributed by atoms with E-state index < -0.39 is 0 Å². The van der Waals surface area contributed by atoms with Gasteiger partial charge in [-0.15, -0.1) is 0 Å². The molecule has 1 atom stereocenters. The molecule has 0 aromatic carbocycles. The first-order valence-electron chi connectivity index (χ1n) is 6.46. The summed E-state index contributed by atoms with van der Waals surface area (Å²) in [6.45, 7) is 14.7. The van der Waals surface area contributed by atoms with E-state index in [2.05, 4.69) is 45.3 Å². The van der Waals surface area contributed by atoms with Gasteiger partial charge in [0.05, 0.1) is 0 Å². The van der Waals surface area contributed by atoms with Crippen molar-refractivity contribution in [2.45, 2.75) is 53.5 Å². The second-order valence-electron chi connectivity index (χ2n) is 5.44. The quantitative estimate of drug-likeness (QED) is 0.577. The van der Waals surface area contributed by atoms with Gasteiger partial charge in [0.2, 0.25) is 0 Å². The van der Waals surface area contributed by atoms with Crippen LogP contribution in [0.4, 0.5) is 0 Å². The fourth-order valence-electron chi connectivity index (χ4n) is 1.52. The van der Waals surface area contributed by atoms with Crippen molar-refractivity contribution in [1.29, 1.82) is 0 Å². The molecule has 0 aliphatic rings. The number of hydrogen-bond donors (Lipinski definition) is 2. The van der Waals surface area contributed by atoms with Crippen LogP contribution in [0, 0.1) is 11.8 Å². The van der Waals surface area contributed by atoms with Crippen LogP contribution >= 0.6 is 0 Å². The zero-order chi connectivity index (χ0) is 11.7. The molecule has 0 aromatic rings. The van der Waals surface area contributed by atoms with E-state index in [1.54, 1.807) is 0 Å². The lowest BCUT2D eigenvalue weighted by Gasteiger charge is -2.16. The minimum absolute atomic E-state index is 0.593. The van der Waals surface area contributed by atoms with Gasteiger partial charge in [0.15, 0.2) is 0 Å². The van der Waals surface area contributed by atoms with Crippen LogP contribution in [0.2, 0.25) is 0 Å². The van der Waals surface area contributed by atoms with Crippen LogP contribution < -0.4 is 10.6 Å². The lowest BCUT2D eigenvalue weighted by atomic mass is 10.1. The molecule has 15 heavy (non-hydrogen) atoms. The van der Waals surface area contributed by atoms with E-state index >= 15 is 0 Å². The van der Waals surface area contributed by atoms with Crippen LogP contribution in [0.25, 0.3) is 0 Å². The van der Waals surface area contributed by atoms with Crippen LogP contribution in [0.1, 0.15) is 47.5 Å². The van der Waals surface area contributed by atoms with Gasteiger partial charge in [-0.2, -0.15) is 0 Å². The average molecular weight is 214 g/mol. The molecule has 0 radical (unpaired) electrons. The Labute approximate surface area is 96.2 Å². The van der Waals surface area contributed by atoms with Gasteiger partial charge in [0.1, 0.15) is 0 Å². The van der Waals surface area contributed by atoms with E-state index in [0.29, 0.717) is 6.04 Å². The maximum atomic E-state index is 3.55. The Hall–Kier alpha value is -0.0800. The van der Waals surface area contributed by atoms with Gasteiger partial charge in [-0.3, -0.25) is 0 Å². The third-order valence-electron chi connectivity index (χ3n) is 2.45. The van der Waals surface area contributed by atoms with E-state index in [-0.39, 0.29) is 0 Å². The highest BCUT2D eigenvalue weighted by Crippen LogP contribution is 2.01. The first-order valence-corrected chi connectivity index (χ1v) is 6.46. The molecule has 0 aliphatic carbocycles. The molecule has 0 amide bonds. The molecule has 0 heterocycles. The van der Waals surface area contributed by atoms with Crippen molar-refractivity contribution >= 4 is 0 Å². The van der Waals surface area contributed by atoms with E-state index in [4.69, 9.17) is 0 Å². The van der Waals surface area contributed by atoms with Gasteiger partial charge in [-0.25, -0.2) is 0 Å². The highest BCUT2D eigenvalue weighted by atomic mass is 15.0. The first kappa shape index (κ1) is 14.9. The van der Waals surface area contributed by atoms with E-state index in [1.165, 1.54) is 12.8 Å². The fourth-order valence-corrected chi connectivity index (χ4v) is 1.52. The van der Waals surface area contributed by atoms with Crippen LogP contribution in [0.5, 0.6) is 0 Å². The average Bonchev–Trinajstić information content (AvgIpc) is 2.11. The van der Waals surface area contributed by atoms with Crippen molar-refractivity contribution in [2.24, 2.45) is 11.8 Å². The van der Waals surface area contributed by atoms with Gasteiger partial charge in [-0.1, -0.05) is 27.7 Å². The van der Waals surface area contributed by atoms with E-state index in [9.17, 15) is 0 Å². The summed E-state index contributed by atoms with van der Waals surface area (Å²) in [6.07, 6.45) is 2.63. The molecule has 0 bridgehead atoms. The Balaban J connectivity index is 3.22. The molecule has 0 aliphatic heterocycles. The normalized spacial score (nSPS) is 13.8. The molecule has 0 rings (SSSR count). The van der Waals surface area contributed by atoms with Crippen molar-refractivity contribution in [3.05, 3.63) is 0 Å². The first-order chi connectivity index (χ1) is 7.02. The zero-order valence-corrected chi connectivity index (χ0v) is 11.3. The van der Waals surface area contributed by atoms with Gasteiger partial charge < -0.3 is 10.6 Å². The molecule has 92 valence electrons. The molecular weight excluding hydrogens is 184 g/mol. The largest absolute Gasteiger partial charge is 0.315 e. The molecular formula is C13H30N2. The summed E-state index contributed by atoms with van der Waals surface area (Å²) in [4.78, 5) is 0. The zero-order valence-electron chi connectivity index (χ0n) is 11.3. The Morgan fingerprint density at radius 3 is 2.07 bits per heavy atom. The molecule has 0 saturated carbocycles. The van der Waals surface area contributed by atoms with Crippen molar-refractivity contribution in [1.82, 2.24) is 10.6 Å². The molecule has 1 unspecified atom stereocenters. The summed E-state index contributed by atoms with van der Waals surface area (Å²) in [5.41, 5.74) is 0. The smallest absolute Gasteiger partial charge is 0.0164 e. The van der Waals surface area contributed by atoms with Crippen LogP contribution in [0.15, 0.2) is 0 Å². The summed E-state index contributed by atoms with van der Waals surface area (Å²) in [5, 5.41) is 7.02. The van der Waals surface area contributed by atoms with Crippen LogP contribution in [-0.4, -0.2) is 25.7 Å². The predicted octanol–water partition coefficient (Wildman–Crippen LogP) is 2.65. The molecule has 2 heteroatoms. The Kier molecular flexibility index (Phi) is 9.12. The Bertz CT molecular complexity index is 132. The Morgan fingerprint density at radius 2 is 1.53 bits per heavy atom. The molecule has 2 nitrogen and oxygen atoms in total. The monoisotopic (exact) mass is 214 g/mol. The second-order valence-corrected chi connectivity index (χ2v) is 5.44. The molecule has 2 N–H and O–H groups in total. The highest BCUT2D eigenvalue weighted by molar-refractivity contribution is 4.64. The molecule has 0 saturated heterocycles. The number of nitrogens with one attached hydrogen (secondary N) is 2. The topological polar surface area (TPSA) is 24.1 Å². The maximum Gasteiger partial charge on any atom is 0.0164 e. The minimum atomic E-state index is 0.593. The summed E-state index contributed by atoms with van der Waals surface area (Å²) in [5.74, 6) is 1.58. The third kappa shape index (κ3) is 11.8. The van der Waals surface area contributed by atoms with Gasteiger partial charge in [-0.05, 0) is 44.7 Å². The van der Waals surface area contributed by atoms with Crippen molar-refractivity contribution < 1.29 is 0 Å². The lowest BCUT2D eigenvalue weighted by Crippen LogP contribution is -2.38. The van der Waals surface area contributed by atoms with Crippen molar-refractivity contribution in [3.63, 3.8) is 0 Å². The van der Waals surface area contributed by atoms with Gasteiger partial charge >= 0.3 is 0 Å². The van der Waals surface area contributed by atoms with Crippen molar-refractivity contribution in [3.8, 4) is 0 Å². The third-order valence-corrected chi connectivity index (χ3v) is 2.45. The highest BCUT2D eigenvalue weighted by Gasteiger charge is 2.01. The summed E-state index contributed by atoms with van der Waals surface area (Å²) in [6, 6.07) is 0.593. The fraction of sp³-hybridized carbons (Fsp3) is 1.00. The summed E-state index contributed by atoms with van der Waals surface area (Å²) in [7, 11) is 0. The summed E-state index contributed by atoms with van der Waals surface area (Å²) >= 11 is 0. The maximum absolute atomic E-state index is 3.55.